The van der Waals surface area contributed by atoms with Crippen LogP contribution in [-0.4, -0.2) is 44.6 Å². The summed E-state index contributed by atoms with van der Waals surface area (Å²) in [6.45, 7) is 8.65. The number of hydrogen-bond acceptors (Lipinski definition) is 4. The van der Waals surface area contributed by atoms with Gasteiger partial charge in [0.25, 0.3) is 0 Å². The highest BCUT2D eigenvalue weighted by molar-refractivity contribution is 5.91. The third-order valence-corrected chi connectivity index (χ3v) is 4.58. The predicted molar refractivity (Wildman–Crippen MR) is 96.4 cm³/mol. The molecule has 0 aromatic rings. The lowest BCUT2D eigenvalue weighted by Gasteiger charge is -2.39. The monoisotopic (exact) mass is 329 g/mol. The summed E-state index contributed by atoms with van der Waals surface area (Å²) in [6.07, 6.45) is 8.27. The Labute approximate surface area is 144 Å². The third-order valence-electron chi connectivity index (χ3n) is 4.58. The molecule has 2 unspecified atom stereocenters. The van der Waals surface area contributed by atoms with Crippen LogP contribution in [0.4, 0.5) is 0 Å². The summed E-state index contributed by atoms with van der Waals surface area (Å²) in [5, 5.41) is 0. The second kappa shape index (κ2) is 7.67. The summed E-state index contributed by atoms with van der Waals surface area (Å²) in [5.74, 6) is 1.16. The zero-order valence-corrected chi connectivity index (χ0v) is 15.3. The van der Waals surface area contributed by atoms with Crippen LogP contribution in [0.1, 0.15) is 20.3 Å². The largest absolute Gasteiger partial charge is 0.498 e. The number of fused-ring (bicyclic) bond motifs is 1. The topological polar surface area (TPSA) is 38.8 Å². The molecule has 0 spiro atoms. The molecule has 2 atom stereocenters. The SMILES string of the molecule is C=C(C)/C(=C\C(=O)CC)C1=CC2=CC=C(OC)C(OC)C2CN1C. The van der Waals surface area contributed by atoms with Crippen LogP contribution in [0, 0.1) is 5.92 Å². The fourth-order valence-corrected chi connectivity index (χ4v) is 3.21. The lowest BCUT2D eigenvalue weighted by molar-refractivity contribution is -0.114. The Hall–Kier alpha value is -2.07. The molecule has 0 saturated carbocycles. The molecule has 0 fully saturated rings. The first kappa shape index (κ1) is 18.3. The lowest BCUT2D eigenvalue weighted by atomic mass is 9.82. The van der Waals surface area contributed by atoms with Crippen LogP contribution >= 0.6 is 0 Å². The molecule has 1 aliphatic carbocycles. The Morgan fingerprint density at radius 3 is 2.67 bits per heavy atom. The number of hydrogen-bond donors (Lipinski definition) is 0. The molecule has 1 heterocycles. The Kier molecular flexibility index (Phi) is 5.84. The van der Waals surface area contributed by atoms with Gasteiger partial charge in [0.15, 0.2) is 5.78 Å². The number of carbonyl (C=O) groups is 1. The van der Waals surface area contributed by atoms with Crippen molar-refractivity contribution < 1.29 is 14.3 Å². The van der Waals surface area contributed by atoms with Crippen LogP contribution in [0.5, 0.6) is 0 Å². The number of allylic oxidation sites excluding steroid dienone is 5. The molecule has 2 aliphatic rings. The summed E-state index contributed by atoms with van der Waals surface area (Å²) in [6, 6.07) is 0. The smallest absolute Gasteiger partial charge is 0.156 e. The number of methoxy groups -OCH3 is 2. The van der Waals surface area contributed by atoms with Gasteiger partial charge in [-0.15, -0.1) is 0 Å². The fraction of sp³-hybridized carbons (Fsp3) is 0.450. The van der Waals surface area contributed by atoms with Gasteiger partial charge in [-0.3, -0.25) is 4.79 Å². The van der Waals surface area contributed by atoms with Gasteiger partial charge >= 0.3 is 0 Å². The lowest BCUT2D eigenvalue weighted by Crippen LogP contribution is -2.40. The number of ether oxygens (including phenoxy) is 2. The van der Waals surface area contributed by atoms with Gasteiger partial charge in [-0.1, -0.05) is 19.6 Å². The number of carbonyl (C=O) groups excluding carboxylic acids is 1. The predicted octanol–water partition coefficient (Wildman–Crippen LogP) is 3.40. The highest BCUT2D eigenvalue weighted by Gasteiger charge is 2.35. The van der Waals surface area contributed by atoms with Crippen LogP contribution in [0.15, 0.2) is 59.1 Å². The minimum Gasteiger partial charge on any atom is -0.498 e. The molecule has 0 aromatic carbocycles. The van der Waals surface area contributed by atoms with E-state index in [4.69, 9.17) is 9.47 Å². The molecule has 2 rings (SSSR count). The number of nitrogens with zero attached hydrogens (tertiary/aromatic N) is 1. The highest BCUT2D eigenvalue weighted by atomic mass is 16.5. The van der Waals surface area contributed by atoms with Crippen molar-refractivity contribution in [1.82, 2.24) is 4.90 Å². The van der Waals surface area contributed by atoms with Crippen LogP contribution < -0.4 is 0 Å². The molecule has 0 aromatic heterocycles. The minimum atomic E-state index is -0.0928. The Balaban J connectivity index is 2.46. The van der Waals surface area contributed by atoms with E-state index in [1.54, 1.807) is 20.3 Å². The van der Waals surface area contributed by atoms with Crippen molar-refractivity contribution in [2.75, 3.05) is 27.8 Å². The number of rotatable bonds is 6. The van der Waals surface area contributed by atoms with Crippen molar-refractivity contribution >= 4 is 5.78 Å². The van der Waals surface area contributed by atoms with E-state index >= 15 is 0 Å². The van der Waals surface area contributed by atoms with E-state index in [1.165, 1.54) is 5.57 Å². The molecule has 4 heteroatoms. The normalized spacial score (nSPS) is 23.8. The van der Waals surface area contributed by atoms with Crippen LogP contribution in [0.25, 0.3) is 0 Å². The quantitative estimate of drug-likeness (QED) is 0.553. The van der Waals surface area contributed by atoms with Gasteiger partial charge in [0, 0.05) is 44.3 Å². The minimum absolute atomic E-state index is 0.0928. The van der Waals surface area contributed by atoms with Gasteiger partial charge in [0.1, 0.15) is 11.9 Å². The first-order valence-electron chi connectivity index (χ1n) is 8.25. The maximum atomic E-state index is 11.9. The molecular formula is C20H27NO3. The maximum absolute atomic E-state index is 11.9. The first-order valence-corrected chi connectivity index (χ1v) is 8.25. The van der Waals surface area contributed by atoms with E-state index in [2.05, 4.69) is 23.6 Å². The second-order valence-corrected chi connectivity index (χ2v) is 6.27. The van der Waals surface area contributed by atoms with E-state index in [1.807, 2.05) is 27.0 Å². The van der Waals surface area contributed by atoms with Gasteiger partial charge in [0.05, 0.1) is 7.11 Å². The van der Waals surface area contributed by atoms with Crippen LogP contribution in [0.3, 0.4) is 0 Å². The molecule has 0 amide bonds. The Morgan fingerprint density at radius 1 is 1.42 bits per heavy atom. The standard InChI is InChI=1S/C20H27NO3/c1-7-15(22)11-16(13(2)3)18-10-14-8-9-19(23-5)20(24-6)17(14)12-21(18)4/h8-11,17,20H,2,7,12H2,1,3-6H3/b16-11+. The summed E-state index contributed by atoms with van der Waals surface area (Å²) in [5.41, 5.74) is 4.00. The molecule has 0 saturated heterocycles. The van der Waals surface area contributed by atoms with Crippen molar-refractivity contribution in [3.8, 4) is 0 Å². The van der Waals surface area contributed by atoms with Crippen molar-refractivity contribution in [3.05, 3.63) is 59.1 Å². The second-order valence-electron chi connectivity index (χ2n) is 6.27. The van der Waals surface area contributed by atoms with Crippen molar-refractivity contribution in [1.29, 1.82) is 0 Å². The zero-order valence-electron chi connectivity index (χ0n) is 15.3. The van der Waals surface area contributed by atoms with Crippen molar-refractivity contribution in [2.24, 2.45) is 5.92 Å². The first-order chi connectivity index (χ1) is 11.4. The number of ketones is 1. The summed E-state index contributed by atoms with van der Waals surface area (Å²) in [7, 11) is 5.41. The molecule has 0 bridgehead atoms. The van der Waals surface area contributed by atoms with Gasteiger partial charge in [0.2, 0.25) is 0 Å². The number of likely N-dealkylation sites (N-methyl/N-ethyl adjacent to an activating group) is 1. The van der Waals surface area contributed by atoms with E-state index in [-0.39, 0.29) is 17.8 Å². The van der Waals surface area contributed by atoms with E-state index in [9.17, 15) is 4.79 Å². The summed E-state index contributed by atoms with van der Waals surface area (Å²) in [4.78, 5) is 14.1. The highest BCUT2D eigenvalue weighted by Crippen LogP contribution is 2.37. The molecule has 24 heavy (non-hydrogen) atoms. The molecule has 0 radical (unpaired) electrons. The summed E-state index contributed by atoms with van der Waals surface area (Å²) < 4.78 is 11.1. The maximum Gasteiger partial charge on any atom is 0.156 e. The van der Waals surface area contributed by atoms with Gasteiger partial charge < -0.3 is 14.4 Å². The van der Waals surface area contributed by atoms with Gasteiger partial charge in [-0.05, 0) is 36.3 Å². The molecule has 4 nitrogen and oxygen atoms in total. The third kappa shape index (κ3) is 3.54. The zero-order chi connectivity index (χ0) is 17.9. The van der Waals surface area contributed by atoms with E-state index in [0.29, 0.717) is 6.42 Å². The van der Waals surface area contributed by atoms with E-state index < -0.39 is 0 Å². The average molecular weight is 329 g/mol. The van der Waals surface area contributed by atoms with Crippen molar-refractivity contribution in [2.45, 2.75) is 26.4 Å². The average Bonchev–Trinajstić information content (AvgIpc) is 2.57. The molecule has 130 valence electrons. The van der Waals surface area contributed by atoms with Crippen LogP contribution in [0.2, 0.25) is 0 Å². The van der Waals surface area contributed by atoms with Crippen molar-refractivity contribution in [3.63, 3.8) is 0 Å². The Morgan fingerprint density at radius 2 is 2.12 bits per heavy atom. The molecular weight excluding hydrogens is 302 g/mol. The van der Waals surface area contributed by atoms with Crippen LogP contribution in [-0.2, 0) is 14.3 Å². The molecule has 0 N–H and O–H groups in total. The van der Waals surface area contributed by atoms with E-state index in [0.717, 1.165) is 29.1 Å². The fourth-order valence-electron chi connectivity index (χ4n) is 3.21. The Bertz CT molecular complexity index is 652. The summed E-state index contributed by atoms with van der Waals surface area (Å²) >= 11 is 0. The van der Waals surface area contributed by atoms with Gasteiger partial charge in [-0.2, -0.15) is 0 Å². The van der Waals surface area contributed by atoms with Gasteiger partial charge in [-0.25, -0.2) is 0 Å². The molecule has 1 aliphatic heterocycles.